The number of rotatable bonds is 5. The van der Waals surface area contributed by atoms with Gasteiger partial charge in [0.25, 0.3) is 5.91 Å². The molecule has 1 fully saturated rings. The highest BCUT2D eigenvalue weighted by atomic mass is 32.2. The maximum Gasteiger partial charge on any atom is 0.255 e. The minimum atomic E-state index is -3.68. The van der Waals surface area contributed by atoms with Crippen LogP contribution in [0, 0.1) is 5.92 Å². The molecule has 1 aliphatic rings. The van der Waals surface area contributed by atoms with Gasteiger partial charge in [-0.1, -0.05) is 6.92 Å². The highest BCUT2D eigenvalue weighted by Crippen LogP contribution is 2.30. The SMILES string of the molecule is COc1ccc(OC)c(NC(=O)c2ccc(N3C(=O)[C@@H](C)CS3(=O)=O)cc2)c1. The summed E-state index contributed by atoms with van der Waals surface area (Å²) in [6.07, 6.45) is 0. The monoisotopic (exact) mass is 404 g/mol. The Balaban J connectivity index is 1.83. The van der Waals surface area contributed by atoms with E-state index >= 15 is 0 Å². The summed E-state index contributed by atoms with van der Waals surface area (Å²) in [5.41, 5.74) is 0.942. The molecule has 2 amide bonds. The van der Waals surface area contributed by atoms with Crippen molar-refractivity contribution in [1.29, 1.82) is 0 Å². The molecule has 2 aromatic carbocycles. The Morgan fingerprint density at radius 3 is 2.32 bits per heavy atom. The zero-order valence-electron chi connectivity index (χ0n) is 15.6. The van der Waals surface area contributed by atoms with Crippen molar-refractivity contribution >= 4 is 33.2 Å². The molecule has 1 N–H and O–H groups in total. The number of hydrogen-bond donors (Lipinski definition) is 1. The molecule has 8 nitrogen and oxygen atoms in total. The topological polar surface area (TPSA) is 102 Å². The van der Waals surface area contributed by atoms with E-state index in [1.165, 1.54) is 38.5 Å². The van der Waals surface area contributed by atoms with Gasteiger partial charge in [0.15, 0.2) is 0 Å². The number of ether oxygens (including phenoxy) is 2. The van der Waals surface area contributed by atoms with Crippen molar-refractivity contribution in [3.8, 4) is 11.5 Å². The van der Waals surface area contributed by atoms with Gasteiger partial charge in [-0.05, 0) is 36.4 Å². The lowest BCUT2D eigenvalue weighted by Gasteiger charge is -2.16. The van der Waals surface area contributed by atoms with Crippen molar-refractivity contribution in [1.82, 2.24) is 0 Å². The molecule has 0 unspecified atom stereocenters. The number of methoxy groups -OCH3 is 2. The number of nitrogens with one attached hydrogen (secondary N) is 1. The minimum Gasteiger partial charge on any atom is -0.497 e. The van der Waals surface area contributed by atoms with Gasteiger partial charge in [0.05, 0.1) is 37.3 Å². The second-order valence-corrected chi connectivity index (χ2v) is 8.21. The van der Waals surface area contributed by atoms with Crippen LogP contribution < -0.4 is 19.1 Å². The molecule has 0 spiro atoms. The molecule has 0 bridgehead atoms. The van der Waals surface area contributed by atoms with Crippen molar-refractivity contribution < 1.29 is 27.5 Å². The fourth-order valence-electron chi connectivity index (χ4n) is 2.94. The van der Waals surface area contributed by atoms with E-state index in [0.29, 0.717) is 22.7 Å². The Labute approximate surface area is 163 Å². The third kappa shape index (κ3) is 3.65. The average Bonchev–Trinajstić information content (AvgIpc) is 2.88. The second kappa shape index (κ2) is 7.51. The van der Waals surface area contributed by atoms with E-state index in [1.807, 2.05) is 0 Å². The first-order valence-electron chi connectivity index (χ1n) is 8.47. The molecule has 1 aliphatic heterocycles. The molecule has 9 heteroatoms. The lowest BCUT2D eigenvalue weighted by Crippen LogP contribution is -2.30. The van der Waals surface area contributed by atoms with E-state index in [1.54, 1.807) is 25.1 Å². The highest BCUT2D eigenvalue weighted by Gasteiger charge is 2.41. The van der Waals surface area contributed by atoms with Crippen molar-refractivity contribution in [3.63, 3.8) is 0 Å². The smallest absolute Gasteiger partial charge is 0.255 e. The van der Waals surface area contributed by atoms with Gasteiger partial charge >= 0.3 is 0 Å². The van der Waals surface area contributed by atoms with Crippen molar-refractivity contribution in [2.75, 3.05) is 29.6 Å². The van der Waals surface area contributed by atoms with Crippen LogP contribution >= 0.6 is 0 Å². The van der Waals surface area contributed by atoms with Crippen molar-refractivity contribution in [2.24, 2.45) is 5.92 Å². The zero-order valence-corrected chi connectivity index (χ0v) is 16.4. The summed E-state index contributed by atoms with van der Waals surface area (Å²) < 4.78 is 35.5. The van der Waals surface area contributed by atoms with Crippen molar-refractivity contribution in [2.45, 2.75) is 6.92 Å². The van der Waals surface area contributed by atoms with E-state index in [9.17, 15) is 18.0 Å². The third-order valence-corrected chi connectivity index (χ3v) is 6.25. The normalized spacial score (nSPS) is 18.0. The van der Waals surface area contributed by atoms with Gasteiger partial charge in [0.1, 0.15) is 11.5 Å². The van der Waals surface area contributed by atoms with Gasteiger partial charge in [-0.3, -0.25) is 9.59 Å². The van der Waals surface area contributed by atoms with E-state index in [2.05, 4.69) is 5.32 Å². The fraction of sp³-hybridized carbons (Fsp3) is 0.263. The summed E-state index contributed by atoms with van der Waals surface area (Å²) in [5.74, 6) is -0.676. The van der Waals surface area contributed by atoms with Gasteiger partial charge in [0.2, 0.25) is 15.9 Å². The third-order valence-electron chi connectivity index (χ3n) is 4.38. The van der Waals surface area contributed by atoms with Crippen LogP contribution in [0.1, 0.15) is 17.3 Å². The molecular weight excluding hydrogens is 384 g/mol. The fourth-order valence-corrected chi connectivity index (χ4v) is 4.76. The predicted molar refractivity (Wildman–Crippen MR) is 104 cm³/mol. The Morgan fingerprint density at radius 1 is 1.11 bits per heavy atom. The van der Waals surface area contributed by atoms with Crippen LogP contribution in [0.25, 0.3) is 0 Å². The van der Waals surface area contributed by atoms with Crippen LogP contribution in [-0.4, -0.2) is 40.2 Å². The molecule has 148 valence electrons. The van der Waals surface area contributed by atoms with Crippen LogP contribution in [0.5, 0.6) is 11.5 Å². The maximum absolute atomic E-state index is 12.6. The molecule has 28 heavy (non-hydrogen) atoms. The molecular formula is C19H20N2O6S. The van der Waals surface area contributed by atoms with Gasteiger partial charge in [-0.15, -0.1) is 0 Å². The summed E-state index contributed by atoms with van der Waals surface area (Å²) in [4.78, 5) is 24.7. The lowest BCUT2D eigenvalue weighted by atomic mass is 10.1. The highest BCUT2D eigenvalue weighted by molar-refractivity contribution is 7.94. The second-order valence-electron chi connectivity index (χ2n) is 6.35. The molecule has 1 atom stereocenters. The minimum absolute atomic E-state index is 0.213. The zero-order chi connectivity index (χ0) is 20.5. The van der Waals surface area contributed by atoms with Crippen LogP contribution in [0.2, 0.25) is 0 Å². The maximum atomic E-state index is 12.6. The molecule has 0 aromatic heterocycles. The number of benzene rings is 2. The first-order valence-corrected chi connectivity index (χ1v) is 10.1. The first-order chi connectivity index (χ1) is 13.3. The number of carbonyl (C=O) groups excluding carboxylic acids is 2. The van der Waals surface area contributed by atoms with Crippen LogP contribution in [-0.2, 0) is 14.8 Å². The molecule has 1 heterocycles. The standard InChI is InChI=1S/C19H20N2O6S/c1-12-11-28(24,25)21(19(12)23)14-6-4-13(5-7-14)18(22)20-16-10-15(26-2)8-9-17(16)27-3/h4-10,12H,11H2,1-3H3,(H,20,22)/t12-/m0/s1. The molecule has 3 rings (SSSR count). The van der Waals surface area contributed by atoms with Crippen LogP contribution in [0.3, 0.4) is 0 Å². The van der Waals surface area contributed by atoms with Crippen LogP contribution in [0.4, 0.5) is 11.4 Å². The van der Waals surface area contributed by atoms with Crippen molar-refractivity contribution in [3.05, 3.63) is 48.0 Å². The Bertz CT molecular complexity index is 1020. The Kier molecular flexibility index (Phi) is 5.28. The molecule has 0 aliphatic carbocycles. The van der Waals surface area contributed by atoms with Crippen LogP contribution in [0.15, 0.2) is 42.5 Å². The van der Waals surface area contributed by atoms with E-state index in [4.69, 9.17) is 9.47 Å². The van der Waals surface area contributed by atoms with E-state index in [0.717, 1.165) is 4.31 Å². The number of carbonyl (C=O) groups is 2. The van der Waals surface area contributed by atoms with Gasteiger partial charge in [0, 0.05) is 11.6 Å². The number of nitrogens with zero attached hydrogens (tertiary/aromatic N) is 1. The largest absolute Gasteiger partial charge is 0.497 e. The molecule has 2 aromatic rings. The number of amides is 2. The summed E-state index contributed by atoms with van der Waals surface area (Å²) in [6, 6.07) is 10.8. The molecule has 0 radical (unpaired) electrons. The first kappa shape index (κ1) is 19.7. The number of hydrogen-bond acceptors (Lipinski definition) is 6. The summed E-state index contributed by atoms with van der Waals surface area (Å²) in [7, 11) is -0.683. The Morgan fingerprint density at radius 2 is 1.79 bits per heavy atom. The number of sulfonamides is 1. The van der Waals surface area contributed by atoms with Gasteiger partial charge < -0.3 is 14.8 Å². The summed E-state index contributed by atoms with van der Waals surface area (Å²) in [5, 5.41) is 2.73. The van der Waals surface area contributed by atoms with E-state index < -0.39 is 27.8 Å². The predicted octanol–water partition coefficient (Wildman–Crippen LogP) is 2.27. The molecule has 0 saturated carbocycles. The lowest BCUT2D eigenvalue weighted by molar-refractivity contribution is -0.119. The average molecular weight is 404 g/mol. The van der Waals surface area contributed by atoms with Gasteiger partial charge in [-0.2, -0.15) is 0 Å². The molecule has 1 saturated heterocycles. The number of anilines is 2. The Hall–Kier alpha value is -3.07. The van der Waals surface area contributed by atoms with Gasteiger partial charge in [-0.25, -0.2) is 12.7 Å². The summed E-state index contributed by atoms with van der Waals surface area (Å²) >= 11 is 0. The van der Waals surface area contributed by atoms with E-state index in [-0.39, 0.29) is 11.4 Å². The summed E-state index contributed by atoms with van der Waals surface area (Å²) in [6.45, 7) is 1.57. The quantitative estimate of drug-likeness (QED) is 0.820.